The van der Waals surface area contributed by atoms with Gasteiger partial charge in [-0.25, -0.2) is 0 Å². The number of hydrogen-bond acceptors (Lipinski definition) is 1. The van der Waals surface area contributed by atoms with Gasteiger partial charge in [-0.1, -0.05) is 50.6 Å². The van der Waals surface area contributed by atoms with Crippen molar-refractivity contribution in [2.24, 2.45) is 0 Å². The number of aromatic hydroxyl groups is 1. The molecule has 0 saturated carbocycles. The highest BCUT2D eigenvalue weighted by molar-refractivity contribution is 5.92. The van der Waals surface area contributed by atoms with E-state index in [1.165, 1.54) is 10.9 Å². The number of hydrogen-bond donors (Lipinski definition) is 1. The lowest BCUT2D eigenvalue weighted by Crippen LogP contribution is -1.91. The number of aryl methyl sites for hydroxylation is 2. The van der Waals surface area contributed by atoms with Crippen molar-refractivity contribution in [3.63, 3.8) is 0 Å². The Balaban J connectivity index is 2.72. The summed E-state index contributed by atoms with van der Waals surface area (Å²) in [7, 11) is 0. The average molecular weight is 214 g/mol. The number of phenols is 1. The van der Waals surface area contributed by atoms with Crippen molar-refractivity contribution >= 4 is 10.8 Å². The first-order valence-corrected chi connectivity index (χ1v) is 6.00. The normalized spacial score (nSPS) is 10.9. The maximum atomic E-state index is 10.2. The predicted octanol–water partition coefficient (Wildman–Crippen LogP) is 4.06. The Morgan fingerprint density at radius 1 is 1.00 bits per heavy atom. The van der Waals surface area contributed by atoms with E-state index in [1.54, 1.807) is 0 Å². The van der Waals surface area contributed by atoms with Gasteiger partial charge in [0.15, 0.2) is 0 Å². The molecule has 0 aliphatic carbocycles. The highest BCUT2D eigenvalue weighted by Crippen LogP contribution is 2.32. The highest BCUT2D eigenvalue weighted by Gasteiger charge is 2.09. The van der Waals surface area contributed by atoms with Crippen molar-refractivity contribution in [3.05, 3.63) is 41.5 Å². The lowest BCUT2D eigenvalue weighted by atomic mass is 9.96. The van der Waals surface area contributed by atoms with E-state index in [0.29, 0.717) is 5.75 Å². The van der Waals surface area contributed by atoms with Gasteiger partial charge >= 0.3 is 0 Å². The van der Waals surface area contributed by atoms with Crippen LogP contribution in [-0.4, -0.2) is 5.11 Å². The molecule has 0 atom stereocenters. The van der Waals surface area contributed by atoms with Crippen LogP contribution in [0.25, 0.3) is 10.8 Å². The number of fused-ring (bicyclic) bond motifs is 1. The summed E-state index contributed by atoms with van der Waals surface area (Å²) in [6.07, 6.45) is 3.02. The topological polar surface area (TPSA) is 20.2 Å². The Bertz CT molecular complexity index is 500. The third-order valence-corrected chi connectivity index (χ3v) is 3.08. The van der Waals surface area contributed by atoms with Crippen LogP contribution in [-0.2, 0) is 12.8 Å². The molecule has 0 fully saturated rings. The summed E-state index contributed by atoms with van der Waals surface area (Å²) in [5.74, 6) is 0.467. The van der Waals surface area contributed by atoms with Crippen LogP contribution in [0.15, 0.2) is 30.3 Å². The summed E-state index contributed by atoms with van der Waals surface area (Å²) in [6.45, 7) is 4.30. The molecule has 2 aromatic rings. The van der Waals surface area contributed by atoms with E-state index < -0.39 is 0 Å². The first-order chi connectivity index (χ1) is 7.77. The molecule has 2 rings (SSSR count). The summed E-state index contributed by atoms with van der Waals surface area (Å²) in [5.41, 5.74) is 2.41. The van der Waals surface area contributed by atoms with E-state index in [0.717, 1.165) is 30.2 Å². The molecule has 0 saturated heterocycles. The van der Waals surface area contributed by atoms with E-state index in [1.807, 2.05) is 18.2 Å². The van der Waals surface area contributed by atoms with Gasteiger partial charge in [0.05, 0.1) is 0 Å². The molecule has 0 unspecified atom stereocenters. The van der Waals surface area contributed by atoms with Crippen LogP contribution in [0.3, 0.4) is 0 Å². The fraction of sp³-hybridized carbons (Fsp3) is 0.333. The van der Waals surface area contributed by atoms with Gasteiger partial charge in [-0.15, -0.1) is 0 Å². The van der Waals surface area contributed by atoms with Crippen molar-refractivity contribution < 1.29 is 5.11 Å². The zero-order valence-corrected chi connectivity index (χ0v) is 9.96. The third kappa shape index (κ3) is 1.78. The van der Waals surface area contributed by atoms with Gasteiger partial charge in [-0.05, 0) is 29.4 Å². The molecule has 0 aliphatic heterocycles. The Kier molecular flexibility index (Phi) is 3.14. The summed E-state index contributed by atoms with van der Waals surface area (Å²) >= 11 is 0. The van der Waals surface area contributed by atoms with Crippen molar-refractivity contribution in [3.8, 4) is 5.75 Å². The minimum atomic E-state index is 0.467. The summed E-state index contributed by atoms with van der Waals surface area (Å²) in [5, 5.41) is 12.4. The van der Waals surface area contributed by atoms with Gasteiger partial charge in [-0.3, -0.25) is 0 Å². The fourth-order valence-corrected chi connectivity index (χ4v) is 2.25. The number of benzene rings is 2. The molecule has 84 valence electrons. The van der Waals surface area contributed by atoms with Crippen molar-refractivity contribution in [2.45, 2.75) is 33.1 Å². The van der Waals surface area contributed by atoms with Gasteiger partial charge < -0.3 is 5.11 Å². The van der Waals surface area contributed by atoms with Gasteiger partial charge in [0.1, 0.15) is 5.75 Å². The fourth-order valence-electron chi connectivity index (χ4n) is 2.25. The van der Waals surface area contributed by atoms with E-state index in [2.05, 4.69) is 26.0 Å². The minimum absolute atomic E-state index is 0.467. The molecule has 0 bridgehead atoms. The quantitative estimate of drug-likeness (QED) is 0.816. The molecule has 0 spiro atoms. The molecule has 0 amide bonds. The number of phenolic OH excluding ortho intramolecular Hbond substituents is 1. The predicted molar refractivity (Wildman–Crippen MR) is 69.0 cm³/mol. The zero-order valence-electron chi connectivity index (χ0n) is 9.96. The second-order valence-electron chi connectivity index (χ2n) is 4.19. The Hall–Kier alpha value is -1.50. The first-order valence-electron chi connectivity index (χ1n) is 6.00. The van der Waals surface area contributed by atoms with Crippen LogP contribution in [0.4, 0.5) is 0 Å². The summed E-state index contributed by atoms with van der Waals surface area (Å²) in [6, 6.07) is 10.3. The molecule has 0 heterocycles. The maximum absolute atomic E-state index is 10.2. The Morgan fingerprint density at radius 3 is 2.31 bits per heavy atom. The second-order valence-corrected chi connectivity index (χ2v) is 4.19. The molecule has 0 radical (unpaired) electrons. The monoisotopic (exact) mass is 214 g/mol. The van der Waals surface area contributed by atoms with Crippen LogP contribution in [0.1, 0.15) is 31.4 Å². The van der Waals surface area contributed by atoms with Gasteiger partial charge in [0.25, 0.3) is 0 Å². The average Bonchev–Trinajstić information content (AvgIpc) is 2.33. The van der Waals surface area contributed by atoms with Crippen molar-refractivity contribution in [1.82, 2.24) is 0 Å². The summed E-state index contributed by atoms with van der Waals surface area (Å²) in [4.78, 5) is 0. The van der Waals surface area contributed by atoms with Crippen LogP contribution in [0, 0.1) is 0 Å². The van der Waals surface area contributed by atoms with Crippen LogP contribution < -0.4 is 0 Å². The standard InChI is InChI=1S/C15H18O/c1-3-7-12-10-11(4-2)13-8-5-6-9-14(13)15(12)16/h5-6,8-10,16H,3-4,7H2,1-2H3. The SMILES string of the molecule is CCCc1cc(CC)c2ccccc2c1O. The van der Waals surface area contributed by atoms with Crippen LogP contribution in [0.5, 0.6) is 5.75 Å². The Labute approximate surface area is 96.7 Å². The first kappa shape index (κ1) is 11.0. The smallest absolute Gasteiger partial charge is 0.126 e. The molecule has 1 N–H and O–H groups in total. The van der Waals surface area contributed by atoms with Crippen molar-refractivity contribution in [2.75, 3.05) is 0 Å². The van der Waals surface area contributed by atoms with Crippen LogP contribution in [0.2, 0.25) is 0 Å². The minimum Gasteiger partial charge on any atom is -0.507 e. The molecule has 2 aromatic carbocycles. The summed E-state index contributed by atoms with van der Waals surface area (Å²) < 4.78 is 0. The molecule has 0 aromatic heterocycles. The molecule has 0 aliphatic rings. The second kappa shape index (κ2) is 4.56. The Morgan fingerprint density at radius 2 is 1.69 bits per heavy atom. The third-order valence-electron chi connectivity index (χ3n) is 3.08. The lowest BCUT2D eigenvalue weighted by Gasteiger charge is -2.11. The largest absolute Gasteiger partial charge is 0.507 e. The van der Waals surface area contributed by atoms with Gasteiger partial charge in [0.2, 0.25) is 0 Å². The molecular weight excluding hydrogens is 196 g/mol. The maximum Gasteiger partial charge on any atom is 0.126 e. The van der Waals surface area contributed by atoms with E-state index >= 15 is 0 Å². The van der Waals surface area contributed by atoms with E-state index in [9.17, 15) is 5.11 Å². The number of rotatable bonds is 3. The molecule has 16 heavy (non-hydrogen) atoms. The molecule has 1 heteroatoms. The van der Waals surface area contributed by atoms with E-state index in [4.69, 9.17) is 0 Å². The zero-order chi connectivity index (χ0) is 11.5. The van der Waals surface area contributed by atoms with Crippen LogP contribution >= 0.6 is 0 Å². The lowest BCUT2D eigenvalue weighted by molar-refractivity contribution is 0.474. The van der Waals surface area contributed by atoms with Gasteiger partial charge in [0, 0.05) is 5.39 Å². The molecule has 1 nitrogen and oxygen atoms in total. The van der Waals surface area contributed by atoms with Gasteiger partial charge in [-0.2, -0.15) is 0 Å². The van der Waals surface area contributed by atoms with E-state index in [-0.39, 0.29) is 0 Å². The van der Waals surface area contributed by atoms with Crippen molar-refractivity contribution in [1.29, 1.82) is 0 Å². The highest BCUT2D eigenvalue weighted by atomic mass is 16.3. The molecular formula is C15H18O.